The molecule has 2 heterocycles. The quantitative estimate of drug-likeness (QED) is 0.701. The second kappa shape index (κ2) is 9.10. The number of rotatable bonds is 6. The fraction of sp³-hybridized carbons (Fsp3) is 0.440. The van der Waals surface area contributed by atoms with Crippen molar-refractivity contribution in [3.05, 3.63) is 64.0 Å². The number of nitrogens with zero attached hydrogens (tertiary/aromatic N) is 3. The molecule has 1 aliphatic heterocycles. The van der Waals surface area contributed by atoms with Crippen LogP contribution in [0.15, 0.2) is 35.5 Å². The number of aliphatic imine (C=N–C) groups is 1. The van der Waals surface area contributed by atoms with Gasteiger partial charge in [-0.1, -0.05) is 25.0 Å². The highest BCUT2D eigenvalue weighted by Crippen LogP contribution is 2.33. The molecule has 1 aromatic carbocycles. The number of pyridine rings is 1. The van der Waals surface area contributed by atoms with Crippen LogP contribution in [-0.4, -0.2) is 52.0 Å². The number of aromatic nitrogens is 1. The van der Waals surface area contributed by atoms with Crippen LogP contribution in [-0.2, 0) is 13.0 Å². The summed E-state index contributed by atoms with van der Waals surface area (Å²) in [4.78, 5) is 23.4. The topological polar surface area (TPSA) is 89.6 Å². The SMILES string of the molecule is CN=CCC(=N)c1ccc(Cc2cc3c(cc2C)CN(C2CCCCC2O)C3=O)cn1. The molecule has 2 atom stereocenters. The molecule has 2 N–H and O–H groups in total. The van der Waals surface area contributed by atoms with E-state index < -0.39 is 6.10 Å². The molecule has 0 bridgehead atoms. The van der Waals surface area contributed by atoms with E-state index in [1.54, 1.807) is 13.3 Å². The first-order chi connectivity index (χ1) is 15.0. The molecule has 2 aliphatic rings. The van der Waals surface area contributed by atoms with Crippen molar-refractivity contribution in [1.29, 1.82) is 5.41 Å². The van der Waals surface area contributed by atoms with Gasteiger partial charge in [0.2, 0.25) is 0 Å². The Labute approximate surface area is 183 Å². The molecule has 2 aromatic rings. The van der Waals surface area contributed by atoms with Gasteiger partial charge in [0, 0.05) is 38.0 Å². The Bertz CT molecular complexity index is 1010. The summed E-state index contributed by atoms with van der Waals surface area (Å²) < 4.78 is 0. The summed E-state index contributed by atoms with van der Waals surface area (Å²) in [5.41, 5.74) is 6.25. The fourth-order valence-corrected chi connectivity index (χ4v) is 4.68. The van der Waals surface area contributed by atoms with Crippen LogP contribution in [0.4, 0.5) is 0 Å². The van der Waals surface area contributed by atoms with Crippen LogP contribution in [0.1, 0.15) is 70.4 Å². The largest absolute Gasteiger partial charge is 0.391 e. The minimum absolute atomic E-state index is 0.0432. The number of carbonyl (C=O) groups is 1. The molecule has 4 rings (SSSR count). The summed E-state index contributed by atoms with van der Waals surface area (Å²) in [6, 6.07) is 7.96. The maximum absolute atomic E-state index is 13.1. The van der Waals surface area contributed by atoms with Crippen molar-refractivity contribution >= 4 is 17.8 Å². The van der Waals surface area contributed by atoms with Gasteiger partial charge in [-0.2, -0.15) is 0 Å². The van der Waals surface area contributed by atoms with Crippen molar-refractivity contribution in [2.45, 2.75) is 64.1 Å². The lowest BCUT2D eigenvalue weighted by molar-refractivity contribution is 0.0191. The highest BCUT2D eigenvalue weighted by molar-refractivity contribution is 6.04. The van der Waals surface area contributed by atoms with Crippen molar-refractivity contribution in [3.63, 3.8) is 0 Å². The zero-order valence-corrected chi connectivity index (χ0v) is 18.3. The lowest BCUT2D eigenvalue weighted by Crippen LogP contribution is -2.45. The lowest BCUT2D eigenvalue weighted by atomic mass is 9.91. The smallest absolute Gasteiger partial charge is 0.254 e. The second-order valence-electron chi connectivity index (χ2n) is 8.64. The first-order valence-electron chi connectivity index (χ1n) is 11.0. The van der Waals surface area contributed by atoms with Gasteiger partial charge in [0.1, 0.15) is 0 Å². The van der Waals surface area contributed by atoms with Gasteiger partial charge in [-0.15, -0.1) is 0 Å². The van der Waals surface area contributed by atoms with Crippen molar-refractivity contribution in [2.24, 2.45) is 4.99 Å². The second-order valence-corrected chi connectivity index (χ2v) is 8.64. The molecule has 2 unspecified atom stereocenters. The van der Waals surface area contributed by atoms with E-state index in [0.29, 0.717) is 30.8 Å². The Morgan fingerprint density at radius 1 is 1.32 bits per heavy atom. The number of benzene rings is 1. The molecular weight excluding hydrogens is 388 g/mol. The van der Waals surface area contributed by atoms with Gasteiger partial charge < -0.3 is 20.4 Å². The number of aryl methyl sites for hydroxylation is 1. The van der Waals surface area contributed by atoms with Gasteiger partial charge in [-0.05, 0) is 60.6 Å². The van der Waals surface area contributed by atoms with Crippen LogP contribution in [0.5, 0.6) is 0 Å². The summed E-state index contributed by atoms with van der Waals surface area (Å²) in [5.74, 6) is 0.0432. The number of hydrogen-bond acceptors (Lipinski definition) is 5. The molecule has 162 valence electrons. The van der Waals surface area contributed by atoms with Gasteiger partial charge in [-0.3, -0.25) is 9.78 Å². The molecule has 0 radical (unpaired) electrons. The molecule has 1 saturated carbocycles. The molecule has 1 aromatic heterocycles. The van der Waals surface area contributed by atoms with E-state index in [0.717, 1.165) is 53.5 Å². The number of carbonyl (C=O) groups excluding carboxylic acids is 1. The van der Waals surface area contributed by atoms with E-state index in [1.165, 1.54) is 0 Å². The third-order valence-electron chi connectivity index (χ3n) is 6.49. The molecular formula is C25H30N4O2. The predicted molar refractivity (Wildman–Crippen MR) is 122 cm³/mol. The lowest BCUT2D eigenvalue weighted by Gasteiger charge is -2.35. The summed E-state index contributed by atoms with van der Waals surface area (Å²) in [6.07, 6.45) is 8.03. The summed E-state index contributed by atoms with van der Waals surface area (Å²) >= 11 is 0. The third kappa shape index (κ3) is 4.44. The minimum atomic E-state index is -0.417. The molecule has 31 heavy (non-hydrogen) atoms. The van der Waals surface area contributed by atoms with Crippen molar-refractivity contribution in [3.8, 4) is 0 Å². The zero-order valence-electron chi connectivity index (χ0n) is 18.3. The van der Waals surface area contributed by atoms with Crippen molar-refractivity contribution < 1.29 is 9.90 Å². The predicted octanol–water partition coefficient (Wildman–Crippen LogP) is 3.70. The van der Waals surface area contributed by atoms with E-state index in [1.807, 2.05) is 29.3 Å². The normalized spacial score (nSPS) is 21.0. The van der Waals surface area contributed by atoms with Crippen LogP contribution in [0.25, 0.3) is 0 Å². The number of fused-ring (bicyclic) bond motifs is 1. The van der Waals surface area contributed by atoms with Crippen LogP contribution < -0.4 is 0 Å². The number of amides is 1. The minimum Gasteiger partial charge on any atom is -0.391 e. The molecule has 1 amide bonds. The Morgan fingerprint density at radius 2 is 2.13 bits per heavy atom. The average Bonchev–Trinajstić information content (AvgIpc) is 3.08. The maximum Gasteiger partial charge on any atom is 0.254 e. The van der Waals surface area contributed by atoms with Crippen LogP contribution >= 0.6 is 0 Å². The average molecular weight is 419 g/mol. The van der Waals surface area contributed by atoms with Crippen LogP contribution in [0.2, 0.25) is 0 Å². The van der Waals surface area contributed by atoms with Gasteiger partial charge in [0.05, 0.1) is 23.6 Å². The molecule has 6 nitrogen and oxygen atoms in total. The molecule has 6 heteroatoms. The number of hydrogen-bond donors (Lipinski definition) is 2. The van der Waals surface area contributed by atoms with Crippen molar-refractivity contribution in [2.75, 3.05) is 7.05 Å². The molecule has 0 spiro atoms. The van der Waals surface area contributed by atoms with E-state index in [4.69, 9.17) is 5.41 Å². The first kappa shape index (κ1) is 21.4. The Morgan fingerprint density at radius 3 is 2.84 bits per heavy atom. The molecule has 1 aliphatic carbocycles. The van der Waals surface area contributed by atoms with E-state index >= 15 is 0 Å². The van der Waals surface area contributed by atoms with Crippen LogP contribution in [0.3, 0.4) is 0 Å². The Balaban J connectivity index is 1.51. The summed E-state index contributed by atoms with van der Waals surface area (Å²) in [7, 11) is 1.70. The van der Waals surface area contributed by atoms with Gasteiger partial charge in [0.15, 0.2) is 0 Å². The van der Waals surface area contributed by atoms with Crippen LogP contribution in [0, 0.1) is 12.3 Å². The molecule has 1 fully saturated rings. The van der Waals surface area contributed by atoms with E-state index in [9.17, 15) is 9.90 Å². The Kier molecular flexibility index (Phi) is 6.28. The van der Waals surface area contributed by atoms with Gasteiger partial charge in [0.25, 0.3) is 5.91 Å². The Hall–Kier alpha value is -2.86. The highest BCUT2D eigenvalue weighted by atomic mass is 16.3. The number of nitrogens with one attached hydrogen (secondary N) is 1. The maximum atomic E-state index is 13.1. The fourth-order valence-electron chi connectivity index (χ4n) is 4.68. The number of aliphatic hydroxyl groups is 1. The summed E-state index contributed by atoms with van der Waals surface area (Å²) in [5, 5.41) is 18.5. The zero-order chi connectivity index (χ0) is 22.0. The monoisotopic (exact) mass is 418 g/mol. The van der Waals surface area contributed by atoms with Crippen molar-refractivity contribution in [1.82, 2.24) is 9.88 Å². The first-order valence-corrected chi connectivity index (χ1v) is 11.0. The molecule has 0 saturated heterocycles. The van der Waals surface area contributed by atoms with Gasteiger partial charge in [-0.25, -0.2) is 0 Å². The third-order valence-corrected chi connectivity index (χ3v) is 6.49. The highest BCUT2D eigenvalue weighted by Gasteiger charge is 2.37. The van der Waals surface area contributed by atoms with E-state index in [2.05, 4.69) is 23.0 Å². The van der Waals surface area contributed by atoms with E-state index in [-0.39, 0.29) is 11.9 Å². The van der Waals surface area contributed by atoms with Gasteiger partial charge >= 0.3 is 0 Å². The standard InChI is InChI=1S/C25H30N4O2/c1-16-11-19-15-29(23-5-3-4-6-24(23)30)25(31)20(19)13-18(16)12-17-7-8-22(28-14-17)21(26)9-10-27-2/h7-8,10-11,13-14,23-24,26,30H,3-6,9,12,15H2,1-2H3. The number of aliphatic hydroxyl groups excluding tert-OH is 1. The summed E-state index contributed by atoms with van der Waals surface area (Å²) in [6.45, 7) is 2.68.